The van der Waals surface area contributed by atoms with E-state index in [2.05, 4.69) is 40.7 Å². The van der Waals surface area contributed by atoms with Gasteiger partial charge in [0.25, 0.3) is 0 Å². The molecule has 0 bridgehead atoms. The second-order valence-corrected chi connectivity index (χ2v) is 7.37. The summed E-state index contributed by atoms with van der Waals surface area (Å²) in [4.78, 5) is 18.5. The number of piperidine rings is 1. The number of H-pyrrole nitrogens is 1. The van der Waals surface area contributed by atoms with E-state index in [9.17, 15) is 4.79 Å². The number of methoxy groups -OCH3 is 2. The van der Waals surface area contributed by atoms with Crippen LogP contribution in [0.3, 0.4) is 0 Å². The molecule has 3 atom stereocenters. The van der Waals surface area contributed by atoms with E-state index in [0.29, 0.717) is 5.57 Å². The Morgan fingerprint density at radius 3 is 2.89 bits per heavy atom. The van der Waals surface area contributed by atoms with Gasteiger partial charge in [0.05, 0.1) is 32.1 Å². The van der Waals surface area contributed by atoms with Crippen LogP contribution < -0.4 is 0 Å². The molecular formula is C22H26N2O3. The van der Waals surface area contributed by atoms with Crippen LogP contribution in [0.15, 0.2) is 48.8 Å². The maximum absolute atomic E-state index is 12.4. The summed E-state index contributed by atoms with van der Waals surface area (Å²) < 4.78 is 10.2. The minimum atomic E-state index is -0.324. The highest BCUT2D eigenvalue weighted by Crippen LogP contribution is 2.45. The Morgan fingerprint density at radius 1 is 1.33 bits per heavy atom. The Morgan fingerprint density at radius 2 is 2.15 bits per heavy atom. The van der Waals surface area contributed by atoms with Crippen LogP contribution in [0.1, 0.15) is 23.7 Å². The summed E-state index contributed by atoms with van der Waals surface area (Å²) >= 11 is 0. The molecule has 0 unspecified atom stereocenters. The van der Waals surface area contributed by atoms with Crippen LogP contribution in [0.25, 0.3) is 10.9 Å². The highest BCUT2D eigenvalue weighted by Gasteiger charge is 2.42. The average Bonchev–Trinajstić information content (AvgIpc) is 3.09. The molecule has 2 aliphatic rings. The summed E-state index contributed by atoms with van der Waals surface area (Å²) in [6.07, 6.45) is 5.38. The van der Waals surface area contributed by atoms with E-state index in [0.717, 1.165) is 25.9 Å². The summed E-state index contributed by atoms with van der Waals surface area (Å²) in [5.41, 5.74) is 4.48. The third-order valence-corrected chi connectivity index (χ3v) is 6.08. The van der Waals surface area contributed by atoms with Crippen molar-refractivity contribution in [2.75, 3.05) is 27.3 Å². The zero-order valence-electron chi connectivity index (χ0n) is 15.9. The number of aromatic nitrogens is 1. The molecule has 0 saturated carbocycles. The zero-order valence-corrected chi connectivity index (χ0v) is 15.9. The molecule has 1 aromatic heterocycles. The Hall–Kier alpha value is -2.53. The highest BCUT2D eigenvalue weighted by atomic mass is 16.5. The van der Waals surface area contributed by atoms with Gasteiger partial charge >= 0.3 is 5.97 Å². The lowest BCUT2D eigenvalue weighted by Gasteiger charge is -2.45. The number of fused-ring (bicyclic) bond motifs is 5. The molecular weight excluding hydrogens is 340 g/mol. The number of nitrogens with one attached hydrogen (secondary N) is 1. The van der Waals surface area contributed by atoms with E-state index < -0.39 is 0 Å². The number of para-hydroxylation sites is 1. The Labute approximate surface area is 159 Å². The van der Waals surface area contributed by atoms with Gasteiger partial charge in [-0.2, -0.15) is 0 Å². The molecule has 2 aliphatic heterocycles. The van der Waals surface area contributed by atoms with Crippen LogP contribution in [0.4, 0.5) is 0 Å². The average molecular weight is 366 g/mol. The number of carbonyl (C=O) groups excluding carboxylic acids is 1. The maximum atomic E-state index is 12.4. The van der Waals surface area contributed by atoms with Gasteiger partial charge in [0.15, 0.2) is 0 Å². The van der Waals surface area contributed by atoms with Crippen molar-refractivity contribution in [3.63, 3.8) is 0 Å². The second kappa shape index (κ2) is 7.24. The molecule has 0 radical (unpaired) electrons. The van der Waals surface area contributed by atoms with Crippen LogP contribution in [0.5, 0.6) is 0 Å². The minimum Gasteiger partial charge on any atom is -0.504 e. The second-order valence-electron chi connectivity index (χ2n) is 7.37. The first-order valence-corrected chi connectivity index (χ1v) is 9.45. The molecule has 1 aromatic carbocycles. The van der Waals surface area contributed by atoms with Gasteiger partial charge in [-0.15, -0.1) is 6.58 Å². The zero-order chi connectivity index (χ0) is 19.0. The Balaban J connectivity index is 1.74. The molecule has 0 spiro atoms. The molecule has 5 nitrogen and oxygen atoms in total. The fraction of sp³-hybridized carbons (Fsp3) is 0.409. The number of aromatic amines is 1. The SMILES string of the molecule is C=C[C@H]1CN2CCc3c([nH]c4ccccc34)[C@@H]2C[C@@H]1/C(=C\OC)C(=O)OC. The van der Waals surface area contributed by atoms with Gasteiger partial charge in [-0.3, -0.25) is 4.90 Å². The lowest BCUT2D eigenvalue weighted by molar-refractivity contribution is -0.137. The summed E-state index contributed by atoms with van der Waals surface area (Å²) in [7, 11) is 2.98. The van der Waals surface area contributed by atoms with E-state index in [-0.39, 0.29) is 23.8 Å². The number of ether oxygens (including phenoxy) is 2. The third kappa shape index (κ3) is 2.96. The number of benzene rings is 1. The minimum absolute atomic E-state index is 0.0218. The van der Waals surface area contributed by atoms with Crippen LogP contribution in [-0.4, -0.2) is 43.2 Å². The number of nitrogens with zero attached hydrogens (tertiary/aromatic N) is 1. The van der Waals surface area contributed by atoms with Gasteiger partial charge < -0.3 is 14.5 Å². The van der Waals surface area contributed by atoms with Crippen molar-refractivity contribution in [3.05, 3.63) is 60.0 Å². The topological polar surface area (TPSA) is 54.6 Å². The van der Waals surface area contributed by atoms with Crippen molar-refractivity contribution in [3.8, 4) is 0 Å². The largest absolute Gasteiger partial charge is 0.504 e. The predicted molar refractivity (Wildman–Crippen MR) is 105 cm³/mol. The Kier molecular flexibility index (Phi) is 4.79. The van der Waals surface area contributed by atoms with Crippen LogP contribution in [-0.2, 0) is 20.7 Å². The molecule has 1 fully saturated rings. The van der Waals surface area contributed by atoms with Crippen molar-refractivity contribution in [2.24, 2.45) is 11.8 Å². The first-order chi connectivity index (χ1) is 13.2. The van der Waals surface area contributed by atoms with Crippen molar-refractivity contribution in [2.45, 2.75) is 18.9 Å². The first-order valence-electron chi connectivity index (χ1n) is 9.45. The summed E-state index contributed by atoms with van der Waals surface area (Å²) in [6.45, 7) is 5.93. The quantitative estimate of drug-likeness (QED) is 0.389. The van der Waals surface area contributed by atoms with E-state index >= 15 is 0 Å². The van der Waals surface area contributed by atoms with Gasteiger partial charge in [-0.25, -0.2) is 4.79 Å². The molecule has 5 heteroatoms. The van der Waals surface area contributed by atoms with E-state index in [4.69, 9.17) is 9.47 Å². The fourth-order valence-electron chi connectivity index (χ4n) is 4.80. The highest BCUT2D eigenvalue weighted by molar-refractivity contribution is 5.89. The van der Waals surface area contributed by atoms with Crippen LogP contribution >= 0.6 is 0 Å². The number of rotatable bonds is 4. The van der Waals surface area contributed by atoms with Crippen molar-refractivity contribution in [1.29, 1.82) is 0 Å². The monoisotopic (exact) mass is 366 g/mol. The molecule has 142 valence electrons. The van der Waals surface area contributed by atoms with Crippen LogP contribution in [0, 0.1) is 11.8 Å². The number of hydrogen-bond donors (Lipinski definition) is 1. The third-order valence-electron chi connectivity index (χ3n) is 6.08. The van der Waals surface area contributed by atoms with Gasteiger partial charge in [-0.1, -0.05) is 24.3 Å². The predicted octanol–water partition coefficient (Wildman–Crippen LogP) is 3.59. The molecule has 4 rings (SSSR count). The van der Waals surface area contributed by atoms with Crippen molar-refractivity contribution in [1.82, 2.24) is 9.88 Å². The van der Waals surface area contributed by atoms with E-state index in [1.807, 2.05) is 6.08 Å². The van der Waals surface area contributed by atoms with Gasteiger partial charge in [0.2, 0.25) is 0 Å². The number of esters is 1. The van der Waals surface area contributed by atoms with Gasteiger partial charge in [0.1, 0.15) is 0 Å². The van der Waals surface area contributed by atoms with Gasteiger partial charge in [0, 0.05) is 35.6 Å². The molecule has 0 aliphatic carbocycles. The van der Waals surface area contributed by atoms with Crippen LogP contribution in [0.2, 0.25) is 0 Å². The lowest BCUT2D eigenvalue weighted by Crippen LogP contribution is -2.46. The maximum Gasteiger partial charge on any atom is 0.337 e. The molecule has 2 aromatic rings. The van der Waals surface area contributed by atoms with Gasteiger partial charge in [-0.05, 0) is 30.4 Å². The molecule has 27 heavy (non-hydrogen) atoms. The fourth-order valence-corrected chi connectivity index (χ4v) is 4.80. The van der Waals surface area contributed by atoms with Crippen molar-refractivity contribution >= 4 is 16.9 Å². The normalized spacial score (nSPS) is 25.6. The first kappa shape index (κ1) is 17.9. The summed E-state index contributed by atoms with van der Waals surface area (Å²) in [5.74, 6) is -0.115. The number of carbonyl (C=O) groups is 1. The van der Waals surface area contributed by atoms with E-state index in [1.54, 1.807) is 7.11 Å². The molecule has 1 saturated heterocycles. The molecule has 0 amide bonds. The molecule has 1 N–H and O–H groups in total. The smallest absolute Gasteiger partial charge is 0.337 e. The number of hydrogen-bond acceptors (Lipinski definition) is 4. The Bertz CT molecular complexity index is 898. The summed E-state index contributed by atoms with van der Waals surface area (Å²) in [5, 5.41) is 1.31. The van der Waals surface area contributed by atoms with E-state index in [1.165, 1.54) is 35.5 Å². The lowest BCUT2D eigenvalue weighted by atomic mass is 9.75. The summed E-state index contributed by atoms with van der Waals surface area (Å²) in [6, 6.07) is 8.74. The molecule has 3 heterocycles. The standard InChI is InChI=1S/C22H26N2O3/c1-4-14-12-24-10-9-16-15-7-5-6-8-19(15)23-21(16)20(24)11-17(14)18(13-26-2)22(25)27-3/h4-8,13-14,17,20,23H,1,9-12H2,2-3H3/b18-13+/t14-,17-,20-/m0/s1. The van der Waals surface area contributed by atoms with Crippen molar-refractivity contribution < 1.29 is 14.3 Å².